The van der Waals surface area contributed by atoms with Crippen molar-refractivity contribution in [2.75, 3.05) is 13.7 Å². The van der Waals surface area contributed by atoms with Gasteiger partial charge in [0.2, 0.25) is 5.91 Å². The lowest BCUT2D eigenvalue weighted by molar-refractivity contribution is -0.126. The Morgan fingerprint density at radius 3 is 2.57 bits per heavy atom. The molecule has 0 saturated heterocycles. The molecule has 0 bridgehead atoms. The number of fused-ring (bicyclic) bond motifs is 1. The van der Waals surface area contributed by atoms with Crippen molar-refractivity contribution in [3.63, 3.8) is 0 Å². The highest BCUT2D eigenvalue weighted by atomic mass is 35.5. The monoisotopic (exact) mass is 527 g/mol. The van der Waals surface area contributed by atoms with E-state index in [1.165, 1.54) is 25.3 Å². The van der Waals surface area contributed by atoms with Gasteiger partial charge in [-0.2, -0.15) is 0 Å². The van der Waals surface area contributed by atoms with E-state index in [1.54, 1.807) is 30.5 Å². The van der Waals surface area contributed by atoms with Crippen molar-refractivity contribution in [2.24, 2.45) is 5.73 Å². The quantitative estimate of drug-likeness (QED) is 0.319. The van der Waals surface area contributed by atoms with Gasteiger partial charge >= 0.3 is 0 Å². The summed E-state index contributed by atoms with van der Waals surface area (Å²) in [6.45, 7) is 3.65. The normalized spacial score (nSPS) is 12.2. The molecule has 8 nitrogen and oxygen atoms in total. The number of nitrogens with zero attached hydrogens (tertiary/aromatic N) is 3. The summed E-state index contributed by atoms with van der Waals surface area (Å²) in [7, 11) is 1.50. The SMILES string of the molecule is C.COc1ccc(F)cc1-c1cc(Cl)cn2c([C@@H](COCc3ccccc3)NC(=O)C(C)(C)N)nnc12. The largest absolute Gasteiger partial charge is 0.496 e. The Morgan fingerprint density at radius 1 is 1.16 bits per heavy atom. The fourth-order valence-corrected chi connectivity index (χ4v) is 3.90. The maximum absolute atomic E-state index is 14.1. The first kappa shape index (κ1) is 28.0. The number of benzene rings is 2. The minimum atomic E-state index is -1.13. The van der Waals surface area contributed by atoms with E-state index in [9.17, 15) is 9.18 Å². The molecule has 2 aromatic carbocycles. The zero-order chi connectivity index (χ0) is 25.9. The number of carbonyl (C=O) groups excluding carboxylic acids is 1. The Kier molecular flexibility index (Phi) is 8.85. The highest BCUT2D eigenvalue weighted by Gasteiger charge is 2.29. The maximum atomic E-state index is 14.1. The summed E-state index contributed by atoms with van der Waals surface area (Å²) < 4.78 is 27.1. The number of rotatable bonds is 9. The van der Waals surface area contributed by atoms with Gasteiger partial charge in [-0.25, -0.2) is 4.39 Å². The highest BCUT2D eigenvalue weighted by Crippen LogP contribution is 2.35. The number of hydrogen-bond acceptors (Lipinski definition) is 6. The second kappa shape index (κ2) is 11.7. The second-order valence-corrected chi connectivity index (χ2v) is 9.35. The molecule has 2 heterocycles. The number of ether oxygens (including phenoxy) is 2. The van der Waals surface area contributed by atoms with E-state index in [2.05, 4.69) is 15.5 Å². The minimum Gasteiger partial charge on any atom is -0.496 e. The standard InChI is InChI=1S/C26H27ClFN5O3.CH4/c1-26(2,29)25(34)30-21(15-36-14-16-7-5-4-6-8-16)24-32-31-23-20(11-17(27)13-33(23)24)19-12-18(28)9-10-22(19)35-3;/h4-13,21H,14-15,29H2,1-3H3,(H,30,34);1H4/t21-;/m1./s1. The highest BCUT2D eigenvalue weighted by molar-refractivity contribution is 6.31. The molecule has 4 aromatic rings. The maximum Gasteiger partial charge on any atom is 0.240 e. The smallest absolute Gasteiger partial charge is 0.240 e. The molecule has 0 aliphatic heterocycles. The molecule has 0 unspecified atom stereocenters. The predicted octanol–water partition coefficient (Wildman–Crippen LogP) is 4.94. The second-order valence-electron chi connectivity index (χ2n) is 8.92. The number of amides is 1. The lowest BCUT2D eigenvalue weighted by Crippen LogP contribution is -2.50. The average molecular weight is 528 g/mol. The molecule has 0 radical (unpaired) electrons. The first-order chi connectivity index (χ1) is 17.2. The van der Waals surface area contributed by atoms with Crippen molar-refractivity contribution in [3.8, 4) is 16.9 Å². The van der Waals surface area contributed by atoms with Crippen LogP contribution in [0.3, 0.4) is 0 Å². The van der Waals surface area contributed by atoms with Gasteiger partial charge in [-0.15, -0.1) is 10.2 Å². The Balaban J connectivity index is 0.00000380. The molecule has 196 valence electrons. The number of nitrogens with one attached hydrogen (secondary N) is 1. The zero-order valence-corrected chi connectivity index (χ0v) is 20.9. The molecular formula is C27H31ClFN5O3. The van der Waals surface area contributed by atoms with Crippen LogP contribution in [0.15, 0.2) is 60.8 Å². The third-order valence-corrected chi connectivity index (χ3v) is 5.75. The molecule has 37 heavy (non-hydrogen) atoms. The summed E-state index contributed by atoms with van der Waals surface area (Å²) in [5.74, 6) is 0.00994. The average Bonchev–Trinajstić information content (AvgIpc) is 3.26. The molecule has 0 fully saturated rings. The fraction of sp³-hybridized carbons (Fsp3) is 0.296. The Hall–Kier alpha value is -3.53. The van der Waals surface area contributed by atoms with Gasteiger partial charge in [-0.05, 0) is 43.7 Å². The summed E-state index contributed by atoms with van der Waals surface area (Å²) in [5.41, 5.74) is 7.27. The number of hydrogen-bond donors (Lipinski definition) is 2. The summed E-state index contributed by atoms with van der Waals surface area (Å²) in [6, 6.07) is 14.8. The van der Waals surface area contributed by atoms with Crippen molar-refractivity contribution in [1.29, 1.82) is 0 Å². The molecule has 4 rings (SSSR count). The molecule has 2 aromatic heterocycles. The van der Waals surface area contributed by atoms with Gasteiger partial charge in [0.1, 0.15) is 17.6 Å². The van der Waals surface area contributed by atoms with Gasteiger partial charge in [-0.1, -0.05) is 49.4 Å². The third kappa shape index (κ3) is 6.43. The minimum absolute atomic E-state index is 0. The number of carbonyl (C=O) groups is 1. The summed E-state index contributed by atoms with van der Waals surface area (Å²) in [5, 5.41) is 12.0. The van der Waals surface area contributed by atoms with E-state index < -0.39 is 17.4 Å². The lowest BCUT2D eigenvalue weighted by Gasteiger charge is -2.23. The van der Waals surface area contributed by atoms with Crippen LogP contribution in [0.2, 0.25) is 5.02 Å². The molecule has 0 aliphatic carbocycles. The molecule has 0 aliphatic rings. The lowest BCUT2D eigenvalue weighted by atomic mass is 10.1. The van der Waals surface area contributed by atoms with E-state index in [0.29, 0.717) is 40.0 Å². The Morgan fingerprint density at radius 2 is 1.89 bits per heavy atom. The van der Waals surface area contributed by atoms with Crippen LogP contribution in [0.4, 0.5) is 4.39 Å². The Labute approximate surface area is 220 Å². The van der Waals surface area contributed by atoms with Crippen molar-refractivity contribution < 1.29 is 18.7 Å². The number of halogens is 2. The van der Waals surface area contributed by atoms with Crippen LogP contribution in [0.1, 0.15) is 38.7 Å². The van der Waals surface area contributed by atoms with Crippen molar-refractivity contribution in [3.05, 3.63) is 83.0 Å². The molecule has 0 spiro atoms. The van der Waals surface area contributed by atoms with Crippen molar-refractivity contribution in [2.45, 2.75) is 39.5 Å². The van der Waals surface area contributed by atoms with E-state index in [4.69, 9.17) is 26.8 Å². The summed E-state index contributed by atoms with van der Waals surface area (Å²) in [4.78, 5) is 12.8. The van der Waals surface area contributed by atoms with Crippen molar-refractivity contribution in [1.82, 2.24) is 19.9 Å². The molecule has 1 amide bonds. The van der Waals surface area contributed by atoms with Gasteiger partial charge < -0.3 is 20.5 Å². The van der Waals surface area contributed by atoms with Crippen LogP contribution in [-0.4, -0.2) is 39.8 Å². The van der Waals surface area contributed by atoms with Gasteiger partial charge in [0.05, 0.1) is 30.9 Å². The van der Waals surface area contributed by atoms with Gasteiger partial charge in [-0.3, -0.25) is 9.20 Å². The molecule has 1 atom stereocenters. The van der Waals surface area contributed by atoms with Crippen LogP contribution in [-0.2, 0) is 16.1 Å². The molecule has 10 heteroatoms. The molecule has 0 saturated carbocycles. The first-order valence-electron chi connectivity index (χ1n) is 11.3. The predicted molar refractivity (Wildman–Crippen MR) is 142 cm³/mol. The van der Waals surface area contributed by atoms with E-state index in [-0.39, 0.29) is 19.9 Å². The fourth-order valence-electron chi connectivity index (χ4n) is 3.70. The van der Waals surface area contributed by atoms with Gasteiger partial charge in [0.25, 0.3) is 0 Å². The molecular weight excluding hydrogens is 497 g/mol. The van der Waals surface area contributed by atoms with E-state index >= 15 is 0 Å². The summed E-state index contributed by atoms with van der Waals surface area (Å²) in [6.07, 6.45) is 1.63. The third-order valence-electron chi connectivity index (χ3n) is 5.55. The number of methoxy groups -OCH3 is 1. The zero-order valence-electron chi connectivity index (χ0n) is 20.2. The first-order valence-corrected chi connectivity index (χ1v) is 11.6. The van der Waals surface area contributed by atoms with Crippen LogP contribution < -0.4 is 15.8 Å². The van der Waals surface area contributed by atoms with Gasteiger partial charge in [0, 0.05) is 17.3 Å². The van der Waals surface area contributed by atoms with Crippen molar-refractivity contribution >= 4 is 23.2 Å². The summed E-state index contributed by atoms with van der Waals surface area (Å²) >= 11 is 6.46. The van der Waals surface area contributed by atoms with E-state index in [1.807, 2.05) is 30.3 Å². The number of nitrogens with two attached hydrogens (primary N) is 1. The number of aromatic nitrogens is 3. The topological polar surface area (TPSA) is 104 Å². The van der Waals surface area contributed by atoms with E-state index in [0.717, 1.165) is 5.56 Å². The Bertz CT molecular complexity index is 1370. The number of pyridine rings is 1. The molecule has 3 N–H and O–H groups in total. The van der Waals surface area contributed by atoms with Crippen LogP contribution >= 0.6 is 11.6 Å². The van der Waals surface area contributed by atoms with Gasteiger partial charge in [0.15, 0.2) is 11.5 Å². The van der Waals surface area contributed by atoms with Crippen LogP contribution in [0.5, 0.6) is 5.75 Å². The van der Waals surface area contributed by atoms with Crippen LogP contribution in [0.25, 0.3) is 16.8 Å². The van der Waals surface area contributed by atoms with Crippen LogP contribution in [0, 0.1) is 5.82 Å².